The molecule has 0 aliphatic rings. The lowest BCUT2D eigenvalue weighted by Crippen LogP contribution is -2.42. The summed E-state index contributed by atoms with van der Waals surface area (Å²) < 4.78 is 33.5. The predicted molar refractivity (Wildman–Crippen MR) is 127 cm³/mol. The van der Waals surface area contributed by atoms with Crippen LogP contribution in [0, 0.1) is 13.8 Å². The van der Waals surface area contributed by atoms with E-state index >= 15 is 0 Å². The fraction of sp³-hybridized carbons (Fsp3) is 0.208. The van der Waals surface area contributed by atoms with Gasteiger partial charge in [-0.3, -0.25) is 9.10 Å². The molecule has 0 saturated heterocycles. The van der Waals surface area contributed by atoms with Crippen LogP contribution in [0.1, 0.15) is 11.1 Å². The molecule has 0 saturated carbocycles. The van der Waals surface area contributed by atoms with Gasteiger partial charge in [-0.05, 0) is 61.9 Å². The average molecular weight is 473 g/mol. The van der Waals surface area contributed by atoms with Gasteiger partial charge in [-0.2, -0.15) is 0 Å². The van der Waals surface area contributed by atoms with Gasteiger partial charge < -0.3 is 10.1 Å². The lowest BCUT2D eigenvalue weighted by atomic mass is 10.2. The van der Waals surface area contributed by atoms with E-state index in [9.17, 15) is 13.2 Å². The summed E-state index contributed by atoms with van der Waals surface area (Å²) in [6.07, 6.45) is 0. The molecule has 1 amide bonds. The molecule has 168 valence electrons. The summed E-state index contributed by atoms with van der Waals surface area (Å²) in [4.78, 5) is 12.8. The molecule has 0 atom stereocenters. The number of sulfonamides is 1. The number of ether oxygens (including phenoxy) is 1. The molecule has 0 bridgehead atoms. The minimum Gasteiger partial charge on any atom is -0.492 e. The van der Waals surface area contributed by atoms with Crippen LogP contribution < -0.4 is 14.4 Å². The van der Waals surface area contributed by atoms with Crippen molar-refractivity contribution < 1.29 is 17.9 Å². The number of halogens is 1. The molecule has 0 radical (unpaired) electrons. The summed E-state index contributed by atoms with van der Waals surface area (Å²) in [6, 6.07) is 20.5. The van der Waals surface area contributed by atoms with Gasteiger partial charge in [0.25, 0.3) is 10.0 Å². The Morgan fingerprint density at radius 1 is 0.969 bits per heavy atom. The molecule has 0 heterocycles. The Labute approximate surface area is 193 Å². The highest BCUT2D eigenvalue weighted by molar-refractivity contribution is 7.92. The van der Waals surface area contributed by atoms with Crippen LogP contribution in [0.5, 0.6) is 5.75 Å². The van der Waals surface area contributed by atoms with E-state index in [2.05, 4.69) is 5.32 Å². The quantitative estimate of drug-likeness (QED) is 0.470. The summed E-state index contributed by atoms with van der Waals surface area (Å²) in [5.41, 5.74) is 2.16. The van der Waals surface area contributed by atoms with Crippen LogP contribution in [0.4, 0.5) is 5.69 Å². The summed E-state index contributed by atoms with van der Waals surface area (Å²) >= 11 is 5.85. The predicted octanol–water partition coefficient (Wildman–Crippen LogP) is 4.35. The minimum absolute atomic E-state index is 0.130. The molecule has 0 fully saturated rings. The van der Waals surface area contributed by atoms with Crippen LogP contribution in [0.15, 0.2) is 77.7 Å². The van der Waals surface area contributed by atoms with Crippen LogP contribution in [0.25, 0.3) is 0 Å². The number of rotatable bonds is 9. The molecule has 3 aromatic rings. The van der Waals surface area contributed by atoms with E-state index in [0.29, 0.717) is 16.5 Å². The standard InChI is InChI=1S/C24H25ClN2O4S/c1-18-7-13-22(14-8-18)32(29,30)27(23-6-4-3-5-19(23)2)17-24(28)26-15-16-31-21-11-9-20(25)10-12-21/h3-14H,15-17H2,1-2H3,(H,26,28). The van der Waals surface area contributed by atoms with Gasteiger partial charge in [0.2, 0.25) is 5.91 Å². The molecule has 6 nitrogen and oxygen atoms in total. The molecule has 3 rings (SSSR count). The zero-order chi connectivity index (χ0) is 23.1. The van der Waals surface area contributed by atoms with Crippen molar-refractivity contribution in [2.24, 2.45) is 0 Å². The molecule has 8 heteroatoms. The topological polar surface area (TPSA) is 75.7 Å². The Kier molecular flexibility index (Phi) is 7.77. The van der Waals surface area contributed by atoms with Crippen LogP contribution in [0.2, 0.25) is 5.02 Å². The number of hydrogen-bond donors (Lipinski definition) is 1. The zero-order valence-electron chi connectivity index (χ0n) is 17.9. The molecular weight excluding hydrogens is 448 g/mol. The first-order valence-corrected chi connectivity index (χ1v) is 11.9. The van der Waals surface area contributed by atoms with E-state index in [0.717, 1.165) is 15.4 Å². The number of benzene rings is 3. The maximum Gasteiger partial charge on any atom is 0.264 e. The number of carbonyl (C=O) groups excluding carboxylic acids is 1. The summed E-state index contributed by atoms with van der Waals surface area (Å²) in [6.45, 7) is 3.82. The molecule has 32 heavy (non-hydrogen) atoms. The summed E-state index contributed by atoms with van der Waals surface area (Å²) in [5.74, 6) is 0.204. The van der Waals surface area contributed by atoms with Crippen molar-refractivity contribution in [2.75, 3.05) is 24.0 Å². The van der Waals surface area contributed by atoms with E-state index in [1.165, 1.54) is 0 Å². The highest BCUT2D eigenvalue weighted by Crippen LogP contribution is 2.26. The lowest BCUT2D eigenvalue weighted by Gasteiger charge is -2.25. The summed E-state index contributed by atoms with van der Waals surface area (Å²) in [5, 5.41) is 3.33. The Morgan fingerprint density at radius 2 is 1.62 bits per heavy atom. The fourth-order valence-corrected chi connectivity index (χ4v) is 4.67. The first kappa shape index (κ1) is 23.6. The van der Waals surface area contributed by atoms with Crippen LogP contribution in [-0.2, 0) is 14.8 Å². The number of carbonyl (C=O) groups is 1. The molecule has 0 spiro atoms. The van der Waals surface area contributed by atoms with Gasteiger partial charge >= 0.3 is 0 Å². The first-order valence-electron chi connectivity index (χ1n) is 10.1. The highest BCUT2D eigenvalue weighted by atomic mass is 35.5. The van der Waals surface area contributed by atoms with Crippen molar-refractivity contribution in [1.29, 1.82) is 0 Å². The Morgan fingerprint density at radius 3 is 2.28 bits per heavy atom. The monoisotopic (exact) mass is 472 g/mol. The highest BCUT2D eigenvalue weighted by Gasteiger charge is 2.28. The van der Waals surface area contributed by atoms with Crippen LogP contribution in [-0.4, -0.2) is 34.0 Å². The maximum atomic E-state index is 13.4. The largest absolute Gasteiger partial charge is 0.492 e. The molecule has 1 N–H and O–H groups in total. The third-order valence-electron chi connectivity index (χ3n) is 4.79. The van der Waals surface area contributed by atoms with E-state index < -0.39 is 15.9 Å². The normalized spacial score (nSPS) is 11.1. The van der Waals surface area contributed by atoms with Crippen LogP contribution >= 0.6 is 11.6 Å². The SMILES string of the molecule is Cc1ccc(S(=O)(=O)N(CC(=O)NCCOc2ccc(Cl)cc2)c2ccccc2C)cc1. The zero-order valence-corrected chi connectivity index (χ0v) is 19.5. The molecular formula is C24H25ClN2O4S. The molecule has 0 aromatic heterocycles. The van der Waals surface area contributed by atoms with E-state index in [4.69, 9.17) is 16.3 Å². The lowest BCUT2D eigenvalue weighted by molar-refractivity contribution is -0.119. The molecule has 0 aliphatic carbocycles. The van der Waals surface area contributed by atoms with Gasteiger partial charge in [0.05, 0.1) is 17.1 Å². The Hall–Kier alpha value is -3.03. The second kappa shape index (κ2) is 10.5. The number of nitrogens with one attached hydrogen (secondary N) is 1. The Bertz CT molecular complexity index is 1160. The number of amides is 1. The number of nitrogens with zero attached hydrogens (tertiary/aromatic N) is 1. The number of aryl methyl sites for hydroxylation is 2. The molecule has 0 aliphatic heterocycles. The maximum absolute atomic E-state index is 13.4. The first-order chi connectivity index (χ1) is 15.3. The van der Waals surface area contributed by atoms with Crippen LogP contribution in [0.3, 0.4) is 0 Å². The molecule has 0 unspecified atom stereocenters. The van der Waals surface area contributed by atoms with Gasteiger partial charge in [0.1, 0.15) is 18.9 Å². The number of anilines is 1. The minimum atomic E-state index is -3.94. The third kappa shape index (κ3) is 6.02. The van der Waals surface area contributed by atoms with Crippen molar-refractivity contribution in [3.8, 4) is 5.75 Å². The van der Waals surface area contributed by atoms with E-state index in [1.807, 2.05) is 26.0 Å². The van der Waals surface area contributed by atoms with Crippen molar-refractivity contribution in [2.45, 2.75) is 18.7 Å². The fourth-order valence-electron chi connectivity index (χ4n) is 3.06. The number of para-hydroxylation sites is 1. The van der Waals surface area contributed by atoms with Crippen molar-refractivity contribution in [1.82, 2.24) is 5.32 Å². The second-order valence-corrected chi connectivity index (χ2v) is 9.56. The Balaban J connectivity index is 1.71. The van der Waals surface area contributed by atoms with Gasteiger partial charge in [0.15, 0.2) is 0 Å². The molecule has 3 aromatic carbocycles. The van der Waals surface area contributed by atoms with Crippen molar-refractivity contribution in [3.05, 3.63) is 88.9 Å². The van der Waals surface area contributed by atoms with E-state index in [-0.39, 0.29) is 24.6 Å². The average Bonchev–Trinajstić information content (AvgIpc) is 2.77. The van der Waals surface area contributed by atoms with Gasteiger partial charge in [-0.25, -0.2) is 8.42 Å². The van der Waals surface area contributed by atoms with Gasteiger partial charge in [0, 0.05) is 5.02 Å². The third-order valence-corrected chi connectivity index (χ3v) is 6.81. The van der Waals surface area contributed by atoms with Crippen molar-refractivity contribution >= 4 is 33.2 Å². The van der Waals surface area contributed by atoms with Gasteiger partial charge in [-0.1, -0.05) is 47.5 Å². The number of hydrogen-bond acceptors (Lipinski definition) is 4. The van der Waals surface area contributed by atoms with E-state index in [1.54, 1.807) is 60.7 Å². The van der Waals surface area contributed by atoms with Gasteiger partial charge in [-0.15, -0.1) is 0 Å². The smallest absolute Gasteiger partial charge is 0.264 e. The van der Waals surface area contributed by atoms with Crippen molar-refractivity contribution in [3.63, 3.8) is 0 Å². The summed E-state index contributed by atoms with van der Waals surface area (Å²) in [7, 11) is -3.94. The second-order valence-electron chi connectivity index (χ2n) is 7.26.